The SMILES string of the molecule is CCCC(C#N)OC(C)C(C)O. The van der Waals surface area contributed by atoms with Gasteiger partial charge in [0.25, 0.3) is 0 Å². The highest BCUT2D eigenvalue weighted by molar-refractivity contribution is 4.84. The summed E-state index contributed by atoms with van der Waals surface area (Å²) in [6.45, 7) is 5.43. The molecule has 0 aliphatic rings. The van der Waals surface area contributed by atoms with Crippen molar-refractivity contribution in [2.24, 2.45) is 0 Å². The minimum atomic E-state index is -0.516. The van der Waals surface area contributed by atoms with Gasteiger partial charge < -0.3 is 9.84 Å². The Morgan fingerprint density at radius 3 is 2.42 bits per heavy atom. The Hall–Kier alpha value is -0.590. The maximum absolute atomic E-state index is 9.10. The number of hydrogen-bond donors (Lipinski definition) is 1. The summed E-state index contributed by atoms with van der Waals surface area (Å²) in [7, 11) is 0. The van der Waals surface area contributed by atoms with Crippen LogP contribution in [0.4, 0.5) is 0 Å². The number of nitrogens with zero attached hydrogens (tertiary/aromatic N) is 1. The number of aliphatic hydroxyl groups is 1. The second-order valence-electron chi connectivity index (χ2n) is 2.99. The van der Waals surface area contributed by atoms with E-state index < -0.39 is 6.10 Å². The van der Waals surface area contributed by atoms with Gasteiger partial charge in [-0.2, -0.15) is 5.26 Å². The molecule has 0 saturated heterocycles. The number of nitriles is 1. The smallest absolute Gasteiger partial charge is 0.144 e. The maximum atomic E-state index is 9.10. The van der Waals surface area contributed by atoms with Crippen molar-refractivity contribution in [2.75, 3.05) is 0 Å². The van der Waals surface area contributed by atoms with Gasteiger partial charge in [-0.25, -0.2) is 0 Å². The molecule has 0 aromatic heterocycles. The van der Waals surface area contributed by atoms with Crippen LogP contribution in [-0.2, 0) is 4.74 Å². The molecule has 0 bridgehead atoms. The minimum absolute atomic E-state index is 0.263. The summed E-state index contributed by atoms with van der Waals surface area (Å²) in [6, 6.07) is 2.06. The zero-order chi connectivity index (χ0) is 9.56. The molecule has 0 aromatic rings. The first kappa shape index (κ1) is 11.4. The summed E-state index contributed by atoms with van der Waals surface area (Å²) >= 11 is 0. The first-order valence-corrected chi connectivity index (χ1v) is 4.35. The third-order valence-corrected chi connectivity index (χ3v) is 1.75. The van der Waals surface area contributed by atoms with Crippen molar-refractivity contribution in [1.82, 2.24) is 0 Å². The fourth-order valence-corrected chi connectivity index (χ4v) is 0.798. The summed E-state index contributed by atoms with van der Waals surface area (Å²) < 4.78 is 5.29. The van der Waals surface area contributed by atoms with Crippen LogP contribution in [0.1, 0.15) is 33.6 Å². The lowest BCUT2D eigenvalue weighted by molar-refractivity contribution is -0.0437. The second-order valence-corrected chi connectivity index (χ2v) is 2.99. The Kier molecular flexibility index (Phi) is 5.69. The molecule has 70 valence electrons. The van der Waals surface area contributed by atoms with Gasteiger partial charge in [-0.3, -0.25) is 0 Å². The molecule has 0 spiro atoms. The molecule has 0 aliphatic heterocycles. The van der Waals surface area contributed by atoms with E-state index in [0.29, 0.717) is 0 Å². The standard InChI is InChI=1S/C9H17NO2/c1-4-5-9(6-10)12-8(3)7(2)11/h7-9,11H,4-5H2,1-3H3. The summed E-state index contributed by atoms with van der Waals surface area (Å²) in [6.07, 6.45) is 0.497. The van der Waals surface area contributed by atoms with Crippen LogP contribution in [0.3, 0.4) is 0 Å². The van der Waals surface area contributed by atoms with Crippen molar-refractivity contribution in [1.29, 1.82) is 5.26 Å². The van der Waals surface area contributed by atoms with E-state index in [0.717, 1.165) is 12.8 Å². The normalized spacial score (nSPS) is 17.9. The third-order valence-electron chi connectivity index (χ3n) is 1.75. The molecule has 3 unspecified atom stereocenters. The molecule has 0 saturated carbocycles. The van der Waals surface area contributed by atoms with Gasteiger partial charge >= 0.3 is 0 Å². The molecule has 0 radical (unpaired) electrons. The van der Waals surface area contributed by atoms with E-state index in [1.807, 2.05) is 6.92 Å². The van der Waals surface area contributed by atoms with Crippen molar-refractivity contribution >= 4 is 0 Å². The predicted molar refractivity (Wildman–Crippen MR) is 46.5 cm³/mol. The summed E-state index contributed by atoms with van der Waals surface area (Å²) in [5.41, 5.74) is 0. The highest BCUT2D eigenvalue weighted by Crippen LogP contribution is 2.07. The minimum Gasteiger partial charge on any atom is -0.391 e. The average Bonchev–Trinajstić information content (AvgIpc) is 2.03. The lowest BCUT2D eigenvalue weighted by Gasteiger charge is -2.18. The van der Waals surface area contributed by atoms with Gasteiger partial charge in [-0.05, 0) is 20.3 Å². The van der Waals surface area contributed by atoms with Crippen molar-refractivity contribution in [3.05, 3.63) is 0 Å². The first-order valence-electron chi connectivity index (χ1n) is 4.35. The largest absolute Gasteiger partial charge is 0.391 e. The Balaban J connectivity index is 3.79. The van der Waals surface area contributed by atoms with Crippen LogP contribution in [-0.4, -0.2) is 23.4 Å². The van der Waals surface area contributed by atoms with Crippen LogP contribution < -0.4 is 0 Å². The Labute approximate surface area is 74.0 Å². The fraction of sp³-hybridized carbons (Fsp3) is 0.889. The van der Waals surface area contributed by atoms with Crippen LogP contribution in [0.15, 0.2) is 0 Å². The van der Waals surface area contributed by atoms with E-state index >= 15 is 0 Å². The Morgan fingerprint density at radius 2 is 2.08 bits per heavy atom. The highest BCUT2D eigenvalue weighted by Gasteiger charge is 2.15. The third kappa shape index (κ3) is 4.32. The number of rotatable bonds is 5. The van der Waals surface area contributed by atoms with Crippen LogP contribution in [0.25, 0.3) is 0 Å². The van der Waals surface area contributed by atoms with E-state index in [-0.39, 0.29) is 12.2 Å². The molecule has 12 heavy (non-hydrogen) atoms. The van der Waals surface area contributed by atoms with Crippen molar-refractivity contribution in [3.8, 4) is 6.07 Å². The summed E-state index contributed by atoms with van der Waals surface area (Å²) in [5, 5.41) is 17.7. The van der Waals surface area contributed by atoms with Gasteiger partial charge in [0, 0.05) is 0 Å². The lowest BCUT2D eigenvalue weighted by atomic mass is 10.2. The van der Waals surface area contributed by atoms with Crippen molar-refractivity contribution in [2.45, 2.75) is 51.9 Å². The van der Waals surface area contributed by atoms with Gasteiger partial charge in [-0.15, -0.1) is 0 Å². The average molecular weight is 171 g/mol. The highest BCUT2D eigenvalue weighted by atomic mass is 16.5. The number of hydrogen-bond acceptors (Lipinski definition) is 3. The number of ether oxygens (including phenoxy) is 1. The van der Waals surface area contributed by atoms with E-state index in [4.69, 9.17) is 15.1 Å². The molecule has 3 nitrogen and oxygen atoms in total. The van der Waals surface area contributed by atoms with Gasteiger partial charge in [0.1, 0.15) is 6.10 Å². The molecule has 0 amide bonds. The van der Waals surface area contributed by atoms with Crippen LogP contribution >= 0.6 is 0 Å². The zero-order valence-corrected chi connectivity index (χ0v) is 7.95. The molecule has 0 aromatic carbocycles. The monoisotopic (exact) mass is 171 g/mol. The quantitative estimate of drug-likeness (QED) is 0.681. The van der Waals surface area contributed by atoms with Gasteiger partial charge in [0.2, 0.25) is 0 Å². The van der Waals surface area contributed by atoms with Gasteiger partial charge in [0.05, 0.1) is 18.3 Å². The van der Waals surface area contributed by atoms with Crippen LogP contribution in [0, 0.1) is 11.3 Å². The first-order chi connectivity index (χ1) is 5.61. The maximum Gasteiger partial charge on any atom is 0.144 e. The lowest BCUT2D eigenvalue weighted by Crippen LogP contribution is -2.27. The van der Waals surface area contributed by atoms with Crippen molar-refractivity contribution < 1.29 is 9.84 Å². The molecule has 0 rings (SSSR count). The topological polar surface area (TPSA) is 53.2 Å². The van der Waals surface area contributed by atoms with E-state index in [1.54, 1.807) is 13.8 Å². The summed E-state index contributed by atoms with van der Waals surface area (Å²) in [4.78, 5) is 0. The summed E-state index contributed by atoms with van der Waals surface area (Å²) in [5.74, 6) is 0. The second kappa shape index (κ2) is 5.99. The van der Waals surface area contributed by atoms with Gasteiger partial charge in [0.15, 0.2) is 0 Å². The molecule has 0 fully saturated rings. The van der Waals surface area contributed by atoms with Crippen LogP contribution in [0.2, 0.25) is 0 Å². The molecule has 0 aliphatic carbocycles. The van der Waals surface area contributed by atoms with Gasteiger partial charge in [-0.1, -0.05) is 13.3 Å². The molecular formula is C9H17NO2. The molecule has 1 N–H and O–H groups in total. The van der Waals surface area contributed by atoms with Crippen molar-refractivity contribution in [3.63, 3.8) is 0 Å². The zero-order valence-electron chi connectivity index (χ0n) is 7.95. The Bertz CT molecular complexity index is 151. The number of aliphatic hydroxyl groups excluding tert-OH is 1. The van der Waals surface area contributed by atoms with E-state index in [9.17, 15) is 0 Å². The predicted octanol–water partition coefficient (Wildman–Crippen LogP) is 1.46. The van der Waals surface area contributed by atoms with E-state index in [1.165, 1.54) is 0 Å². The van der Waals surface area contributed by atoms with E-state index in [2.05, 4.69) is 6.07 Å². The fourth-order valence-electron chi connectivity index (χ4n) is 0.798. The Morgan fingerprint density at radius 1 is 1.50 bits per heavy atom. The molecular weight excluding hydrogens is 154 g/mol. The molecule has 0 heterocycles. The molecule has 3 atom stereocenters. The molecule has 3 heteroatoms. The van der Waals surface area contributed by atoms with Crippen LogP contribution in [0.5, 0.6) is 0 Å².